The Balaban J connectivity index is 4.52. The molecule has 0 rings (SSSR count). The first-order valence-electron chi connectivity index (χ1n) is 23.8. The van der Waals surface area contributed by atoms with Gasteiger partial charge in [-0.2, -0.15) is 0 Å². The van der Waals surface area contributed by atoms with Crippen molar-refractivity contribution in [3.05, 3.63) is 97.2 Å². The van der Waals surface area contributed by atoms with Crippen molar-refractivity contribution in [2.45, 2.75) is 207 Å². The molecule has 59 heavy (non-hydrogen) atoms. The van der Waals surface area contributed by atoms with E-state index < -0.39 is 6.10 Å². The molecule has 0 aliphatic rings. The molecule has 0 amide bonds. The lowest BCUT2D eigenvalue weighted by molar-refractivity contribution is -0.167. The maximum atomic E-state index is 12.7. The van der Waals surface area contributed by atoms with E-state index in [9.17, 15) is 14.4 Å². The van der Waals surface area contributed by atoms with Crippen LogP contribution in [0.3, 0.4) is 0 Å². The summed E-state index contributed by atoms with van der Waals surface area (Å²) >= 11 is 0. The van der Waals surface area contributed by atoms with E-state index in [1.54, 1.807) is 0 Å². The first-order chi connectivity index (χ1) is 29.0. The van der Waals surface area contributed by atoms with Crippen LogP contribution in [0, 0.1) is 0 Å². The maximum Gasteiger partial charge on any atom is 0.306 e. The van der Waals surface area contributed by atoms with Crippen LogP contribution in [0.15, 0.2) is 97.2 Å². The Morgan fingerprint density at radius 2 is 0.746 bits per heavy atom. The molecule has 0 aromatic carbocycles. The molecular formula is C53H86O6. The van der Waals surface area contributed by atoms with Gasteiger partial charge in [-0.3, -0.25) is 14.4 Å². The average molecular weight is 819 g/mol. The topological polar surface area (TPSA) is 78.9 Å². The second-order valence-electron chi connectivity index (χ2n) is 15.4. The molecule has 0 aromatic heterocycles. The molecule has 0 aliphatic carbocycles. The smallest absolute Gasteiger partial charge is 0.306 e. The summed E-state index contributed by atoms with van der Waals surface area (Å²) in [5.41, 5.74) is 0. The number of unbranched alkanes of at least 4 members (excludes halogenated alkanes) is 18. The van der Waals surface area contributed by atoms with Gasteiger partial charge < -0.3 is 14.2 Å². The Labute approximate surface area is 362 Å². The van der Waals surface area contributed by atoms with E-state index in [1.165, 1.54) is 57.8 Å². The first kappa shape index (κ1) is 55.3. The number of carbonyl (C=O) groups excluding carboxylic acids is 3. The molecule has 0 aliphatic heterocycles. The van der Waals surface area contributed by atoms with Crippen LogP contribution in [-0.4, -0.2) is 37.2 Å². The Kier molecular flexibility index (Phi) is 44.1. The summed E-state index contributed by atoms with van der Waals surface area (Å²) in [6.07, 6.45) is 61.0. The van der Waals surface area contributed by atoms with Crippen molar-refractivity contribution in [1.82, 2.24) is 0 Å². The van der Waals surface area contributed by atoms with Crippen LogP contribution in [-0.2, 0) is 28.6 Å². The van der Waals surface area contributed by atoms with Crippen LogP contribution in [0.25, 0.3) is 0 Å². The summed E-state index contributed by atoms with van der Waals surface area (Å²) in [7, 11) is 0. The fourth-order valence-electron chi connectivity index (χ4n) is 6.18. The third kappa shape index (κ3) is 45.3. The van der Waals surface area contributed by atoms with Gasteiger partial charge in [0.15, 0.2) is 6.10 Å². The molecule has 0 bridgehead atoms. The Hall–Kier alpha value is -3.67. The summed E-state index contributed by atoms with van der Waals surface area (Å²) in [5.74, 6) is -0.973. The third-order valence-corrected chi connectivity index (χ3v) is 9.71. The number of hydrogen-bond acceptors (Lipinski definition) is 6. The van der Waals surface area contributed by atoms with Crippen LogP contribution < -0.4 is 0 Å². The van der Waals surface area contributed by atoms with Crippen LogP contribution in [0.5, 0.6) is 0 Å². The third-order valence-electron chi connectivity index (χ3n) is 9.71. The zero-order valence-electron chi connectivity index (χ0n) is 38.0. The number of carbonyl (C=O) groups is 3. The summed E-state index contributed by atoms with van der Waals surface area (Å²) < 4.78 is 16.7. The number of hydrogen-bond donors (Lipinski definition) is 0. The van der Waals surface area contributed by atoms with E-state index in [0.717, 1.165) is 103 Å². The highest BCUT2D eigenvalue weighted by Crippen LogP contribution is 2.14. The lowest BCUT2D eigenvalue weighted by Crippen LogP contribution is -2.30. The first-order valence-corrected chi connectivity index (χ1v) is 23.8. The summed E-state index contributed by atoms with van der Waals surface area (Å²) in [6, 6.07) is 0. The predicted molar refractivity (Wildman–Crippen MR) is 251 cm³/mol. The van der Waals surface area contributed by atoms with Crippen molar-refractivity contribution in [3.63, 3.8) is 0 Å². The van der Waals surface area contributed by atoms with Gasteiger partial charge in [0.2, 0.25) is 0 Å². The van der Waals surface area contributed by atoms with Gasteiger partial charge in [0.05, 0.1) is 0 Å². The van der Waals surface area contributed by atoms with Crippen molar-refractivity contribution in [2.75, 3.05) is 13.2 Å². The summed E-state index contributed by atoms with van der Waals surface area (Å²) in [6.45, 7) is 6.30. The Morgan fingerprint density at radius 1 is 0.373 bits per heavy atom. The SMILES string of the molecule is CC\C=C/C=C\C=C/C=C\C=C/CCCCCC(=O)OCC(COC(=O)CCCCCCCCCCCCCC)OC(=O)CCCCCC/C=C\C/C=C\C/C=C\CC. The molecule has 0 heterocycles. The van der Waals surface area contributed by atoms with Gasteiger partial charge in [-0.15, -0.1) is 0 Å². The fraction of sp³-hybridized carbons (Fsp3) is 0.642. The van der Waals surface area contributed by atoms with Crippen molar-refractivity contribution in [3.8, 4) is 0 Å². The molecule has 0 spiro atoms. The van der Waals surface area contributed by atoms with E-state index in [2.05, 4.69) is 69.4 Å². The van der Waals surface area contributed by atoms with Gasteiger partial charge in [-0.05, 0) is 70.6 Å². The van der Waals surface area contributed by atoms with Crippen LogP contribution in [0.2, 0.25) is 0 Å². The molecule has 6 heteroatoms. The lowest BCUT2D eigenvalue weighted by atomic mass is 10.0. The van der Waals surface area contributed by atoms with Crippen LogP contribution >= 0.6 is 0 Å². The molecular weight excluding hydrogens is 733 g/mol. The van der Waals surface area contributed by atoms with Gasteiger partial charge in [0, 0.05) is 19.3 Å². The lowest BCUT2D eigenvalue weighted by Gasteiger charge is -2.18. The van der Waals surface area contributed by atoms with E-state index in [1.807, 2.05) is 48.6 Å². The number of rotatable bonds is 41. The minimum absolute atomic E-state index is 0.101. The van der Waals surface area contributed by atoms with Gasteiger partial charge in [0.25, 0.3) is 0 Å². The zero-order chi connectivity index (χ0) is 43.0. The molecule has 0 radical (unpaired) electrons. The minimum Gasteiger partial charge on any atom is -0.462 e. The second kappa shape index (κ2) is 47.0. The van der Waals surface area contributed by atoms with Crippen LogP contribution in [0.1, 0.15) is 201 Å². The normalized spacial score (nSPS) is 12.9. The van der Waals surface area contributed by atoms with Crippen LogP contribution in [0.4, 0.5) is 0 Å². The quantitative estimate of drug-likeness (QED) is 0.0201. The van der Waals surface area contributed by atoms with Crippen molar-refractivity contribution in [1.29, 1.82) is 0 Å². The standard InChI is InChI=1S/C53H86O6/c1-4-7-10-13-16-19-22-25-27-29-31-34-37-40-43-46-52(55)58-49-50(48-57-51(54)45-42-39-36-33-30-24-21-18-15-12-9-6-3)59-53(56)47-44-41-38-35-32-28-26-23-20-17-14-11-8-5-2/h7-8,10-11,13,16-17,19-20,22,25-29,31,50H,4-6,9,12,14-15,18,21,23-24,30,32-49H2,1-3H3/b10-7-,11-8-,16-13-,20-17-,22-19-,27-25-,28-26-,31-29-. The Morgan fingerprint density at radius 3 is 1.25 bits per heavy atom. The highest BCUT2D eigenvalue weighted by molar-refractivity contribution is 5.71. The van der Waals surface area contributed by atoms with Crippen molar-refractivity contribution in [2.24, 2.45) is 0 Å². The fourth-order valence-corrected chi connectivity index (χ4v) is 6.18. The van der Waals surface area contributed by atoms with E-state index in [0.29, 0.717) is 19.3 Å². The molecule has 0 fully saturated rings. The zero-order valence-corrected chi connectivity index (χ0v) is 38.0. The molecule has 0 saturated heterocycles. The van der Waals surface area contributed by atoms with Crippen molar-refractivity contribution < 1.29 is 28.6 Å². The van der Waals surface area contributed by atoms with Gasteiger partial charge in [-0.25, -0.2) is 0 Å². The minimum atomic E-state index is -0.804. The van der Waals surface area contributed by atoms with E-state index in [4.69, 9.17) is 14.2 Å². The molecule has 334 valence electrons. The Bertz CT molecular complexity index is 1220. The molecule has 0 saturated carbocycles. The van der Waals surface area contributed by atoms with Gasteiger partial charge >= 0.3 is 17.9 Å². The largest absolute Gasteiger partial charge is 0.462 e. The predicted octanol–water partition coefficient (Wildman–Crippen LogP) is 15.4. The van der Waals surface area contributed by atoms with E-state index in [-0.39, 0.29) is 31.1 Å². The maximum absolute atomic E-state index is 12.7. The molecule has 1 atom stereocenters. The number of esters is 3. The number of allylic oxidation sites excluding steroid dienone is 16. The number of ether oxygens (including phenoxy) is 3. The van der Waals surface area contributed by atoms with E-state index >= 15 is 0 Å². The molecule has 0 aromatic rings. The average Bonchev–Trinajstić information content (AvgIpc) is 3.23. The van der Waals surface area contributed by atoms with Gasteiger partial charge in [-0.1, -0.05) is 208 Å². The molecule has 6 nitrogen and oxygen atoms in total. The highest BCUT2D eigenvalue weighted by Gasteiger charge is 2.19. The highest BCUT2D eigenvalue weighted by atomic mass is 16.6. The van der Waals surface area contributed by atoms with Gasteiger partial charge in [0.1, 0.15) is 13.2 Å². The molecule has 1 unspecified atom stereocenters. The summed E-state index contributed by atoms with van der Waals surface area (Å²) in [4.78, 5) is 37.8. The second-order valence-corrected chi connectivity index (χ2v) is 15.4. The summed E-state index contributed by atoms with van der Waals surface area (Å²) in [5, 5.41) is 0. The molecule has 0 N–H and O–H groups in total. The monoisotopic (exact) mass is 819 g/mol. The van der Waals surface area contributed by atoms with Crippen molar-refractivity contribution >= 4 is 17.9 Å².